The van der Waals surface area contributed by atoms with Crippen molar-refractivity contribution in [2.24, 2.45) is 4.99 Å². The highest BCUT2D eigenvalue weighted by Crippen LogP contribution is 2.25. The van der Waals surface area contributed by atoms with Crippen molar-refractivity contribution in [2.45, 2.75) is 6.92 Å². The van der Waals surface area contributed by atoms with Gasteiger partial charge in [0.05, 0.1) is 16.9 Å². The van der Waals surface area contributed by atoms with Crippen molar-refractivity contribution in [1.29, 1.82) is 0 Å². The van der Waals surface area contributed by atoms with Crippen LogP contribution in [0.2, 0.25) is 5.02 Å². The SMILES string of the molecule is CN/C=N/C(=O)c1c(C)cc(Br)cc1Cl. The molecule has 0 saturated heterocycles. The molecule has 0 unspecified atom stereocenters. The molecule has 15 heavy (non-hydrogen) atoms. The normalized spacial score (nSPS) is 10.7. The first-order valence-electron chi connectivity index (χ1n) is 4.26. The van der Waals surface area contributed by atoms with Crippen molar-refractivity contribution in [3.63, 3.8) is 0 Å². The molecule has 0 aliphatic rings. The van der Waals surface area contributed by atoms with Gasteiger partial charge in [-0.25, -0.2) is 0 Å². The number of aryl methyl sites for hydroxylation is 1. The van der Waals surface area contributed by atoms with Crippen LogP contribution in [0.3, 0.4) is 0 Å². The van der Waals surface area contributed by atoms with Gasteiger partial charge in [0.2, 0.25) is 0 Å². The summed E-state index contributed by atoms with van der Waals surface area (Å²) >= 11 is 9.27. The summed E-state index contributed by atoms with van der Waals surface area (Å²) in [6.45, 7) is 1.82. The predicted molar refractivity (Wildman–Crippen MR) is 65.8 cm³/mol. The number of hydrogen-bond donors (Lipinski definition) is 1. The van der Waals surface area contributed by atoms with Crippen LogP contribution >= 0.6 is 27.5 Å². The number of rotatable bonds is 2. The van der Waals surface area contributed by atoms with E-state index in [4.69, 9.17) is 11.6 Å². The first kappa shape index (κ1) is 12.2. The monoisotopic (exact) mass is 288 g/mol. The molecular formula is C10H10BrClN2O. The average Bonchev–Trinajstić information content (AvgIpc) is 2.12. The molecule has 0 heterocycles. The van der Waals surface area contributed by atoms with Gasteiger partial charge < -0.3 is 5.32 Å². The fraction of sp³-hybridized carbons (Fsp3) is 0.200. The Bertz CT molecular complexity index is 395. The maximum absolute atomic E-state index is 11.6. The molecule has 1 amide bonds. The molecule has 1 rings (SSSR count). The number of nitrogens with one attached hydrogen (secondary N) is 1. The number of aliphatic imine (C=N–C) groups is 1. The van der Waals surface area contributed by atoms with Gasteiger partial charge in [-0.3, -0.25) is 4.79 Å². The standard InChI is InChI=1S/C10H10BrClN2O/c1-6-3-7(11)4-8(12)9(6)10(15)14-5-13-2/h3-5H,1-2H3,(H,13,14,15). The van der Waals surface area contributed by atoms with Crippen molar-refractivity contribution < 1.29 is 4.79 Å². The van der Waals surface area contributed by atoms with Gasteiger partial charge in [-0.05, 0) is 24.6 Å². The summed E-state index contributed by atoms with van der Waals surface area (Å²) in [5.74, 6) is -0.348. The highest BCUT2D eigenvalue weighted by atomic mass is 79.9. The van der Waals surface area contributed by atoms with Gasteiger partial charge in [-0.15, -0.1) is 0 Å². The highest BCUT2D eigenvalue weighted by molar-refractivity contribution is 9.10. The van der Waals surface area contributed by atoms with Crippen molar-refractivity contribution in [3.05, 3.63) is 32.8 Å². The molecule has 0 aliphatic heterocycles. The van der Waals surface area contributed by atoms with Gasteiger partial charge in [0.1, 0.15) is 0 Å². The molecule has 1 aromatic rings. The van der Waals surface area contributed by atoms with E-state index in [1.54, 1.807) is 13.1 Å². The van der Waals surface area contributed by atoms with E-state index in [1.165, 1.54) is 6.34 Å². The minimum atomic E-state index is -0.348. The molecule has 0 aromatic heterocycles. The Morgan fingerprint density at radius 1 is 1.60 bits per heavy atom. The Morgan fingerprint density at radius 3 is 2.80 bits per heavy atom. The van der Waals surface area contributed by atoms with E-state index >= 15 is 0 Å². The quantitative estimate of drug-likeness (QED) is 0.672. The van der Waals surface area contributed by atoms with Crippen molar-refractivity contribution in [3.8, 4) is 0 Å². The Hall–Kier alpha value is -0.870. The van der Waals surface area contributed by atoms with Crippen molar-refractivity contribution >= 4 is 39.8 Å². The topological polar surface area (TPSA) is 41.5 Å². The fourth-order valence-electron chi connectivity index (χ4n) is 1.16. The van der Waals surface area contributed by atoms with Crippen LogP contribution in [0.5, 0.6) is 0 Å². The molecule has 3 nitrogen and oxygen atoms in total. The Morgan fingerprint density at radius 2 is 2.27 bits per heavy atom. The first-order valence-corrected chi connectivity index (χ1v) is 5.43. The van der Waals surface area contributed by atoms with Crippen LogP contribution in [-0.2, 0) is 0 Å². The van der Waals surface area contributed by atoms with Gasteiger partial charge in [-0.2, -0.15) is 4.99 Å². The number of benzene rings is 1. The summed E-state index contributed by atoms with van der Waals surface area (Å²) in [7, 11) is 1.67. The molecule has 0 radical (unpaired) electrons. The molecule has 5 heteroatoms. The lowest BCUT2D eigenvalue weighted by molar-refractivity contribution is 0.100. The smallest absolute Gasteiger partial charge is 0.280 e. The third kappa shape index (κ3) is 3.04. The lowest BCUT2D eigenvalue weighted by atomic mass is 10.1. The molecule has 0 atom stereocenters. The van der Waals surface area contributed by atoms with Crippen LogP contribution in [-0.4, -0.2) is 19.3 Å². The number of hydrogen-bond acceptors (Lipinski definition) is 1. The summed E-state index contributed by atoms with van der Waals surface area (Å²) in [6, 6.07) is 3.50. The summed E-state index contributed by atoms with van der Waals surface area (Å²) in [6.07, 6.45) is 1.33. The summed E-state index contributed by atoms with van der Waals surface area (Å²) in [5.41, 5.74) is 1.24. The van der Waals surface area contributed by atoms with E-state index in [2.05, 4.69) is 26.2 Å². The minimum absolute atomic E-state index is 0.348. The second-order valence-electron chi connectivity index (χ2n) is 2.93. The number of carbonyl (C=O) groups is 1. The van der Waals surface area contributed by atoms with Crippen LogP contribution in [0.1, 0.15) is 15.9 Å². The number of amides is 1. The molecule has 0 saturated carbocycles. The second kappa shape index (κ2) is 5.28. The molecule has 1 N–H and O–H groups in total. The number of halogens is 2. The van der Waals surface area contributed by atoms with E-state index in [9.17, 15) is 4.79 Å². The lowest BCUT2D eigenvalue weighted by Crippen LogP contribution is -2.06. The van der Waals surface area contributed by atoms with E-state index in [0.29, 0.717) is 10.6 Å². The van der Waals surface area contributed by atoms with E-state index in [0.717, 1.165) is 10.0 Å². The van der Waals surface area contributed by atoms with E-state index in [1.807, 2.05) is 13.0 Å². The zero-order valence-electron chi connectivity index (χ0n) is 8.34. The molecule has 80 valence electrons. The van der Waals surface area contributed by atoms with Crippen molar-refractivity contribution in [2.75, 3.05) is 7.05 Å². The summed E-state index contributed by atoms with van der Waals surface area (Å²) in [5, 5.41) is 3.06. The average molecular weight is 290 g/mol. The van der Waals surface area contributed by atoms with Crippen LogP contribution < -0.4 is 5.32 Å². The van der Waals surface area contributed by atoms with Gasteiger partial charge in [-0.1, -0.05) is 27.5 Å². The van der Waals surface area contributed by atoms with Crippen LogP contribution in [0.25, 0.3) is 0 Å². The zero-order chi connectivity index (χ0) is 11.4. The molecular weight excluding hydrogens is 279 g/mol. The van der Waals surface area contributed by atoms with E-state index in [-0.39, 0.29) is 5.91 Å². The minimum Gasteiger partial charge on any atom is -0.379 e. The molecule has 0 aliphatic carbocycles. The number of nitrogens with zero attached hydrogens (tertiary/aromatic N) is 1. The first-order chi connectivity index (χ1) is 7.06. The summed E-state index contributed by atoms with van der Waals surface area (Å²) in [4.78, 5) is 15.3. The highest BCUT2D eigenvalue weighted by Gasteiger charge is 2.12. The maximum atomic E-state index is 11.6. The van der Waals surface area contributed by atoms with Gasteiger partial charge in [0.15, 0.2) is 0 Å². The Balaban J connectivity index is 3.14. The third-order valence-electron chi connectivity index (χ3n) is 1.78. The Labute approximate surface area is 102 Å². The molecule has 0 bridgehead atoms. The predicted octanol–water partition coefficient (Wildman–Crippen LogP) is 2.80. The zero-order valence-corrected chi connectivity index (χ0v) is 10.7. The van der Waals surface area contributed by atoms with E-state index < -0.39 is 0 Å². The number of carbonyl (C=O) groups excluding carboxylic acids is 1. The third-order valence-corrected chi connectivity index (χ3v) is 2.53. The van der Waals surface area contributed by atoms with Gasteiger partial charge in [0, 0.05) is 11.5 Å². The molecule has 0 spiro atoms. The Kier molecular flexibility index (Phi) is 4.29. The van der Waals surface area contributed by atoms with Crippen LogP contribution in [0.15, 0.2) is 21.6 Å². The van der Waals surface area contributed by atoms with Crippen molar-refractivity contribution in [1.82, 2.24) is 5.32 Å². The second-order valence-corrected chi connectivity index (χ2v) is 4.25. The molecule has 1 aromatic carbocycles. The largest absolute Gasteiger partial charge is 0.379 e. The van der Waals surface area contributed by atoms with Crippen LogP contribution in [0.4, 0.5) is 0 Å². The maximum Gasteiger partial charge on any atom is 0.280 e. The lowest BCUT2D eigenvalue weighted by Gasteiger charge is -2.04. The van der Waals surface area contributed by atoms with Gasteiger partial charge in [0.25, 0.3) is 5.91 Å². The van der Waals surface area contributed by atoms with Gasteiger partial charge >= 0.3 is 0 Å². The summed E-state index contributed by atoms with van der Waals surface area (Å²) < 4.78 is 0.846. The fourth-order valence-corrected chi connectivity index (χ4v) is 2.21. The van der Waals surface area contributed by atoms with Crippen LogP contribution in [0, 0.1) is 6.92 Å². The molecule has 0 fully saturated rings.